The molecular formula is C38H45BN2O5. The van der Waals surface area contributed by atoms with Gasteiger partial charge in [-0.15, -0.1) is 0 Å². The van der Waals surface area contributed by atoms with Gasteiger partial charge >= 0.3 is 7.12 Å². The molecule has 6 atom stereocenters. The summed E-state index contributed by atoms with van der Waals surface area (Å²) in [5, 5.41) is 6.37. The summed E-state index contributed by atoms with van der Waals surface area (Å²) in [5.41, 5.74) is 1.28. The van der Waals surface area contributed by atoms with Crippen molar-refractivity contribution in [2.24, 2.45) is 23.2 Å². The van der Waals surface area contributed by atoms with Gasteiger partial charge in [0.05, 0.1) is 17.6 Å². The lowest BCUT2D eigenvalue weighted by molar-refractivity contribution is -0.199. The van der Waals surface area contributed by atoms with E-state index >= 15 is 0 Å². The summed E-state index contributed by atoms with van der Waals surface area (Å²) in [6.07, 6.45) is 6.92. The standard InChI is InChI=1S/C38H45BN2O5/c1-37(2)28-23-32(37)38(3)33(24-28)45-39(46-38)34(21-26-14-10-15-26)41-36(43)31(20-25-12-6-4-7-13-25)40-35(42)27-16-11-19-30(22-27)44-29-17-8-5-9-18-29/h4-9,11-13,16-19,22,26,28,31-34H,10,14-15,20-21,23-24H2,1-3H3,(H,40,42)(H,41,43)/t28-,31+,32-,33-,34+,38+/m1/s1. The summed E-state index contributed by atoms with van der Waals surface area (Å²) in [6.45, 7) is 6.94. The largest absolute Gasteiger partial charge is 0.481 e. The Labute approximate surface area is 272 Å². The molecule has 2 amide bonds. The number of amides is 2. The third kappa shape index (κ3) is 6.09. The van der Waals surface area contributed by atoms with Gasteiger partial charge in [0.15, 0.2) is 0 Å². The quantitative estimate of drug-likeness (QED) is 0.232. The first kappa shape index (κ1) is 31.0. The summed E-state index contributed by atoms with van der Waals surface area (Å²) >= 11 is 0. The van der Waals surface area contributed by atoms with Crippen LogP contribution in [0.1, 0.15) is 75.2 Å². The summed E-state index contributed by atoms with van der Waals surface area (Å²) in [4.78, 5) is 27.8. The molecule has 0 radical (unpaired) electrons. The van der Waals surface area contributed by atoms with Crippen LogP contribution >= 0.6 is 0 Å². The summed E-state index contributed by atoms with van der Waals surface area (Å²) in [7, 11) is -0.505. The molecule has 4 aliphatic carbocycles. The van der Waals surface area contributed by atoms with Crippen molar-refractivity contribution in [1.82, 2.24) is 10.6 Å². The Morgan fingerprint density at radius 1 is 0.913 bits per heavy atom. The average molecular weight is 621 g/mol. The zero-order chi connectivity index (χ0) is 31.9. The SMILES string of the molecule is CC1(C)[C@@H]2C[C@H]1[C@]1(C)OB([C@H](CC3CCC3)NC(=O)[C@H](Cc3ccccc3)NC(=O)c3cccc(Oc4ccccc4)c3)O[C@@H]1C2. The number of rotatable bonds is 11. The zero-order valence-corrected chi connectivity index (χ0v) is 27.1. The topological polar surface area (TPSA) is 85.9 Å². The Balaban J connectivity index is 1.09. The number of nitrogens with one attached hydrogen (secondary N) is 2. The van der Waals surface area contributed by atoms with Crippen molar-refractivity contribution in [3.05, 3.63) is 96.1 Å². The molecule has 5 fully saturated rings. The van der Waals surface area contributed by atoms with E-state index in [1.165, 1.54) is 12.8 Å². The third-order valence-electron chi connectivity index (χ3n) is 11.4. The molecule has 1 aliphatic heterocycles. The van der Waals surface area contributed by atoms with Crippen LogP contribution in [-0.2, 0) is 20.5 Å². The van der Waals surface area contributed by atoms with Gasteiger partial charge in [-0.25, -0.2) is 0 Å². The van der Waals surface area contributed by atoms with Crippen LogP contribution in [0.2, 0.25) is 0 Å². The van der Waals surface area contributed by atoms with Crippen LogP contribution in [0.4, 0.5) is 0 Å². The third-order valence-corrected chi connectivity index (χ3v) is 11.4. The van der Waals surface area contributed by atoms with Gasteiger partial charge in [-0.3, -0.25) is 9.59 Å². The number of carbonyl (C=O) groups excluding carboxylic acids is 2. The normalized spacial score (nSPS) is 27.4. The highest BCUT2D eigenvalue weighted by molar-refractivity contribution is 6.48. The molecule has 8 rings (SSSR count). The molecule has 46 heavy (non-hydrogen) atoms. The molecule has 2 N–H and O–H groups in total. The van der Waals surface area contributed by atoms with Crippen molar-refractivity contribution in [3.63, 3.8) is 0 Å². The molecule has 3 aromatic carbocycles. The molecule has 240 valence electrons. The zero-order valence-electron chi connectivity index (χ0n) is 27.1. The molecule has 1 heterocycles. The number of hydrogen-bond acceptors (Lipinski definition) is 5. The van der Waals surface area contributed by atoms with E-state index in [9.17, 15) is 9.59 Å². The smallest absolute Gasteiger partial charge is 0.457 e. The summed E-state index contributed by atoms with van der Waals surface area (Å²) in [5.74, 6) is 2.01. The van der Waals surface area contributed by atoms with Crippen LogP contribution in [0.25, 0.3) is 0 Å². The molecule has 4 saturated carbocycles. The van der Waals surface area contributed by atoms with E-state index in [-0.39, 0.29) is 34.9 Å². The van der Waals surface area contributed by atoms with E-state index in [0.717, 1.165) is 31.2 Å². The van der Waals surface area contributed by atoms with E-state index in [0.29, 0.717) is 41.2 Å². The number of ether oxygens (including phenoxy) is 1. The second-order valence-electron chi connectivity index (χ2n) is 14.6. The molecule has 0 aromatic heterocycles. The fourth-order valence-corrected chi connectivity index (χ4v) is 8.31. The summed E-state index contributed by atoms with van der Waals surface area (Å²) in [6, 6.07) is 25.5. The number of para-hydroxylation sites is 1. The van der Waals surface area contributed by atoms with Crippen molar-refractivity contribution in [3.8, 4) is 11.5 Å². The van der Waals surface area contributed by atoms with Crippen LogP contribution < -0.4 is 15.4 Å². The first-order valence-electron chi connectivity index (χ1n) is 17.0. The molecule has 2 bridgehead atoms. The average Bonchev–Trinajstić information content (AvgIpc) is 3.40. The molecule has 0 unspecified atom stereocenters. The van der Waals surface area contributed by atoms with Gasteiger partial charge in [-0.05, 0) is 85.3 Å². The Morgan fingerprint density at radius 3 is 2.33 bits per heavy atom. The Bertz CT molecular complexity index is 1550. The van der Waals surface area contributed by atoms with Gasteiger partial charge in [-0.1, -0.05) is 87.7 Å². The highest BCUT2D eigenvalue weighted by atomic mass is 16.7. The van der Waals surface area contributed by atoms with Gasteiger partial charge in [0.2, 0.25) is 5.91 Å². The number of benzene rings is 3. The lowest BCUT2D eigenvalue weighted by atomic mass is 9.43. The maximum Gasteiger partial charge on any atom is 0.481 e. The molecule has 0 spiro atoms. The van der Waals surface area contributed by atoms with Crippen molar-refractivity contribution in [2.75, 3.05) is 0 Å². The van der Waals surface area contributed by atoms with E-state index in [4.69, 9.17) is 14.0 Å². The van der Waals surface area contributed by atoms with E-state index in [2.05, 4.69) is 31.4 Å². The van der Waals surface area contributed by atoms with Crippen LogP contribution in [0.3, 0.4) is 0 Å². The van der Waals surface area contributed by atoms with Crippen LogP contribution in [0, 0.1) is 23.2 Å². The molecule has 7 nitrogen and oxygen atoms in total. The fraction of sp³-hybridized carbons (Fsp3) is 0.474. The lowest BCUT2D eigenvalue weighted by Gasteiger charge is -2.64. The fourth-order valence-electron chi connectivity index (χ4n) is 8.31. The predicted molar refractivity (Wildman–Crippen MR) is 178 cm³/mol. The maximum absolute atomic E-state index is 14.2. The molecular weight excluding hydrogens is 575 g/mol. The Kier molecular flexibility index (Phi) is 8.45. The minimum absolute atomic E-state index is 0.0419. The van der Waals surface area contributed by atoms with Gasteiger partial charge in [0, 0.05) is 12.0 Å². The minimum atomic E-state index is -0.788. The van der Waals surface area contributed by atoms with E-state index in [1.807, 2.05) is 66.7 Å². The molecule has 5 aliphatic rings. The monoisotopic (exact) mass is 620 g/mol. The molecule has 3 aromatic rings. The second kappa shape index (κ2) is 12.5. The maximum atomic E-state index is 14.2. The van der Waals surface area contributed by atoms with Crippen LogP contribution in [-0.4, -0.2) is 42.6 Å². The van der Waals surface area contributed by atoms with Crippen molar-refractivity contribution in [2.45, 2.75) is 89.4 Å². The summed E-state index contributed by atoms with van der Waals surface area (Å²) < 4.78 is 19.5. The highest BCUT2D eigenvalue weighted by Crippen LogP contribution is 2.65. The second-order valence-corrected chi connectivity index (χ2v) is 14.6. The number of carbonyl (C=O) groups is 2. The van der Waals surface area contributed by atoms with E-state index < -0.39 is 13.2 Å². The van der Waals surface area contributed by atoms with Gasteiger partial charge in [-0.2, -0.15) is 0 Å². The molecule has 1 saturated heterocycles. The Morgan fingerprint density at radius 2 is 1.63 bits per heavy atom. The van der Waals surface area contributed by atoms with Crippen molar-refractivity contribution in [1.29, 1.82) is 0 Å². The minimum Gasteiger partial charge on any atom is -0.457 e. The first-order chi connectivity index (χ1) is 22.2. The van der Waals surface area contributed by atoms with Gasteiger partial charge in [0.25, 0.3) is 5.91 Å². The lowest BCUT2D eigenvalue weighted by Crippen LogP contribution is -2.65. The predicted octanol–water partition coefficient (Wildman–Crippen LogP) is 6.76. The van der Waals surface area contributed by atoms with Crippen LogP contribution in [0.5, 0.6) is 11.5 Å². The van der Waals surface area contributed by atoms with E-state index in [1.54, 1.807) is 18.2 Å². The van der Waals surface area contributed by atoms with Crippen molar-refractivity contribution >= 4 is 18.9 Å². The van der Waals surface area contributed by atoms with Gasteiger partial charge in [0.1, 0.15) is 17.5 Å². The van der Waals surface area contributed by atoms with Crippen molar-refractivity contribution < 1.29 is 23.6 Å². The Hall–Kier alpha value is -3.62. The highest BCUT2D eigenvalue weighted by Gasteiger charge is 2.68. The van der Waals surface area contributed by atoms with Gasteiger partial charge < -0.3 is 24.7 Å². The van der Waals surface area contributed by atoms with Crippen LogP contribution in [0.15, 0.2) is 84.9 Å². The molecule has 8 heteroatoms. The first-order valence-corrected chi connectivity index (χ1v) is 17.0. The number of hydrogen-bond donors (Lipinski definition) is 2.